The quantitative estimate of drug-likeness (QED) is 0.642. The Labute approximate surface area is 90.6 Å². The van der Waals surface area contributed by atoms with Crippen LogP contribution in [0.2, 0.25) is 19.6 Å². The van der Waals surface area contributed by atoms with Crippen LogP contribution >= 0.6 is 11.3 Å². The molecule has 1 heterocycles. The first-order valence-electron chi connectivity index (χ1n) is 4.99. The molecule has 1 aromatic carbocycles. The van der Waals surface area contributed by atoms with Gasteiger partial charge in [0.05, 0.1) is 8.07 Å². The van der Waals surface area contributed by atoms with E-state index in [9.17, 15) is 0 Å². The van der Waals surface area contributed by atoms with Crippen LogP contribution in [0.4, 0.5) is 0 Å². The third kappa shape index (κ3) is 1.53. The van der Waals surface area contributed by atoms with E-state index in [1.165, 1.54) is 15.6 Å². The molecule has 0 radical (unpaired) electrons. The number of thiophene rings is 1. The zero-order chi connectivity index (χ0) is 10.3. The average molecular weight is 220 g/mol. The van der Waals surface area contributed by atoms with Crippen LogP contribution in [-0.2, 0) is 0 Å². The van der Waals surface area contributed by atoms with Crippen LogP contribution in [0.15, 0.2) is 24.3 Å². The SMILES string of the molecule is Cc1c([Si](C)(C)C)sc2ccccc12. The zero-order valence-electron chi connectivity index (χ0n) is 9.22. The maximum Gasteiger partial charge on any atom is 0.0908 e. The fourth-order valence-corrected chi connectivity index (χ4v) is 5.66. The molecule has 0 aliphatic rings. The Balaban J connectivity index is 2.75. The second-order valence-electron chi connectivity index (χ2n) is 4.80. The van der Waals surface area contributed by atoms with Crippen molar-refractivity contribution in [3.63, 3.8) is 0 Å². The molecular formula is C12H16SSi. The first kappa shape index (κ1) is 9.93. The van der Waals surface area contributed by atoms with Crippen molar-refractivity contribution in [1.82, 2.24) is 0 Å². The number of hydrogen-bond donors (Lipinski definition) is 0. The van der Waals surface area contributed by atoms with Gasteiger partial charge in [-0.05, 0) is 28.4 Å². The first-order valence-corrected chi connectivity index (χ1v) is 9.30. The van der Waals surface area contributed by atoms with Crippen molar-refractivity contribution < 1.29 is 0 Å². The van der Waals surface area contributed by atoms with Crippen molar-refractivity contribution in [2.45, 2.75) is 26.6 Å². The van der Waals surface area contributed by atoms with E-state index in [1.807, 2.05) is 11.3 Å². The second-order valence-corrected chi connectivity index (χ2v) is 11.2. The lowest BCUT2D eigenvalue weighted by Gasteiger charge is -2.14. The summed E-state index contributed by atoms with van der Waals surface area (Å²) in [4.78, 5) is 0. The monoisotopic (exact) mass is 220 g/mol. The van der Waals surface area contributed by atoms with Gasteiger partial charge in [0, 0.05) is 4.70 Å². The topological polar surface area (TPSA) is 0 Å². The lowest BCUT2D eigenvalue weighted by Crippen LogP contribution is -2.36. The predicted molar refractivity (Wildman–Crippen MR) is 69.5 cm³/mol. The van der Waals surface area contributed by atoms with Crippen LogP contribution in [0.5, 0.6) is 0 Å². The molecule has 0 amide bonds. The van der Waals surface area contributed by atoms with Crippen molar-refractivity contribution >= 4 is 34.0 Å². The van der Waals surface area contributed by atoms with Crippen molar-refractivity contribution in [3.05, 3.63) is 29.8 Å². The standard InChI is InChI=1S/C12H16SSi/c1-9-10-7-5-6-8-11(10)13-12(9)14(2,3)4/h5-8H,1-4H3. The molecule has 1 aromatic heterocycles. The molecule has 14 heavy (non-hydrogen) atoms. The molecule has 0 unspecified atom stereocenters. The van der Waals surface area contributed by atoms with Crippen molar-refractivity contribution in [1.29, 1.82) is 0 Å². The minimum atomic E-state index is -1.14. The Hall–Kier alpha value is -0.603. The van der Waals surface area contributed by atoms with Gasteiger partial charge in [-0.1, -0.05) is 37.8 Å². The maximum atomic E-state index is 2.42. The van der Waals surface area contributed by atoms with E-state index in [4.69, 9.17) is 0 Å². The van der Waals surface area contributed by atoms with Crippen LogP contribution in [0.1, 0.15) is 5.56 Å². The molecule has 0 nitrogen and oxygen atoms in total. The number of rotatable bonds is 1. The summed E-state index contributed by atoms with van der Waals surface area (Å²) in [5, 5.41) is 1.45. The van der Waals surface area contributed by atoms with Crippen molar-refractivity contribution in [3.8, 4) is 0 Å². The van der Waals surface area contributed by atoms with Gasteiger partial charge in [-0.25, -0.2) is 0 Å². The van der Waals surface area contributed by atoms with Gasteiger partial charge in [0.2, 0.25) is 0 Å². The highest BCUT2D eigenvalue weighted by Gasteiger charge is 2.22. The third-order valence-electron chi connectivity index (χ3n) is 2.52. The fourth-order valence-electron chi connectivity index (χ4n) is 1.89. The minimum Gasteiger partial charge on any atom is -0.145 e. The Bertz CT molecular complexity index is 463. The zero-order valence-corrected chi connectivity index (χ0v) is 11.0. The number of fused-ring (bicyclic) bond motifs is 1. The summed E-state index contributed by atoms with van der Waals surface area (Å²) in [7, 11) is -1.14. The number of aryl methyl sites for hydroxylation is 1. The smallest absolute Gasteiger partial charge is 0.0908 e. The van der Waals surface area contributed by atoms with Gasteiger partial charge in [0.25, 0.3) is 0 Å². The van der Waals surface area contributed by atoms with Crippen LogP contribution in [0.25, 0.3) is 10.1 Å². The normalized spacial score (nSPS) is 12.3. The third-order valence-corrected chi connectivity index (χ3v) is 7.49. The lowest BCUT2D eigenvalue weighted by atomic mass is 10.2. The molecule has 2 rings (SSSR count). The summed E-state index contributed by atoms with van der Waals surface area (Å²) in [6, 6.07) is 8.74. The highest BCUT2D eigenvalue weighted by Crippen LogP contribution is 2.25. The Morgan fingerprint density at radius 2 is 1.71 bits per heavy atom. The summed E-state index contributed by atoms with van der Waals surface area (Å²) >= 11 is 1.99. The molecule has 0 aliphatic heterocycles. The molecule has 0 atom stereocenters. The van der Waals surface area contributed by atoms with Gasteiger partial charge in [-0.3, -0.25) is 0 Å². The van der Waals surface area contributed by atoms with Gasteiger partial charge in [-0.2, -0.15) is 0 Å². The molecule has 0 bridgehead atoms. The van der Waals surface area contributed by atoms with E-state index >= 15 is 0 Å². The van der Waals surface area contributed by atoms with Gasteiger partial charge in [-0.15, -0.1) is 11.3 Å². The van der Waals surface area contributed by atoms with E-state index in [-0.39, 0.29) is 0 Å². The van der Waals surface area contributed by atoms with Crippen LogP contribution < -0.4 is 4.50 Å². The van der Waals surface area contributed by atoms with E-state index < -0.39 is 8.07 Å². The predicted octanol–water partition coefficient (Wildman–Crippen LogP) is 3.75. The highest BCUT2D eigenvalue weighted by atomic mass is 32.1. The highest BCUT2D eigenvalue weighted by molar-refractivity contribution is 7.31. The maximum absolute atomic E-state index is 2.42. The van der Waals surface area contributed by atoms with Gasteiger partial charge in [0.1, 0.15) is 0 Å². The van der Waals surface area contributed by atoms with E-state index in [0.717, 1.165) is 0 Å². The Kier molecular flexibility index (Phi) is 2.28. The van der Waals surface area contributed by atoms with E-state index in [0.29, 0.717) is 0 Å². The van der Waals surface area contributed by atoms with Crippen molar-refractivity contribution in [2.24, 2.45) is 0 Å². The van der Waals surface area contributed by atoms with Crippen LogP contribution in [0.3, 0.4) is 0 Å². The van der Waals surface area contributed by atoms with Crippen molar-refractivity contribution in [2.75, 3.05) is 0 Å². The van der Waals surface area contributed by atoms with Gasteiger partial charge < -0.3 is 0 Å². The molecule has 2 aromatic rings. The van der Waals surface area contributed by atoms with Crippen LogP contribution in [0, 0.1) is 6.92 Å². The number of hydrogen-bond acceptors (Lipinski definition) is 1. The molecule has 0 fully saturated rings. The second kappa shape index (κ2) is 3.21. The summed E-state index contributed by atoms with van der Waals surface area (Å²) in [6.07, 6.45) is 0. The molecule has 0 N–H and O–H groups in total. The minimum absolute atomic E-state index is 1.14. The largest absolute Gasteiger partial charge is 0.145 e. The molecule has 0 saturated carbocycles. The first-order chi connectivity index (χ1) is 6.50. The summed E-state index contributed by atoms with van der Waals surface area (Å²) in [5.74, 6) is 0. The summed E-state index contributed by atoms with van der Waals surface area (Å²) in [6.45, 7) is 9.53. The Morgan fingerprint density at radius 3 is 2.29 bits per heavy atom. The molecule has 2 heteroatoms. The Morgan fingerprint density at radius 1 is 1.07 bits per heavy atom. The van der Waals surface area contributed by atoms with E-state index in [1.54, 1.807) is 4.50 Å². The number of benzene rings is 1. The molecule has 0 aliphatic carbocycles. The van der Waals surface area contributed by atoms with E-state index in [2.05, 4.69) is 50.8 Å². The fraction of sp³-hybridized carbons (Fsp3) is 0.333. The molecule has 0 saturated heterocycles. The lowest BCUT2D eigenvalue weighted by molar-refractivity contribution is 1.60. The van der Waals surface area contributed by atoms with Crippen LogP contribution in [-0.4, -0.2) is 8.07 Å². The van der Waals surface area contributed by atoms with Gasteiger partial charge >= 0.3 is 0 Å². The molecule has 74 valence electrons. The van der Waals surface area contributed by atoms with Gasteiger partial charge in [0.15, 0.2) is 0 Å². The summed E-state index contributed by atoms with van der Waals surface area (Å²) < 4.78 is 3.10. The molecular weight excluding hydrogens is 204 g/mol. The summed E-state index contributed by atoms with van der Waals surface area (Å²) in [5.41, 5.74) is 1.52. The average Bonchev–Trinajstić information content (AvgIpc) is 2.44. The molecule has 0 spiro atoms.